The number of rotatable bonds is 8. The second-order valence-electron chi connectivity index (χ2n) is 5.96. The summed E-state index contributed by atoms with van der Waals surface area (Å²) in [6.45, 7) is 0.891. The Morgan fingerprint density at radius 3 is 2.32 bits per heavy atom. The van der Waals surface area contributed by atoms with E-state index in [1.165, 1.54) is 45.3 Å². The van der Waals surface area contributed by atoms with Gasteiger partial charge in [0.25, 0.3) is 0 Å². The maximum Gasteiger partial charge on any atom is 0.321 e. The zero-order valence-corrected chi connectivity index (χ0v) is 18.0. The van der Waals surface area contributed by atoms with Crippen LogP contribution in [0.4, 0.5) is 0 Å². The fourth-order valence-corrected chi connectivity index (χ4v) is 3.90. The summed E-state index contributed by atoms with van der Waals surface area (Å²) in [5.41, 5.74) is 1.06. The molecule has 0 fully saturated rings. The molecule has 2 rings (SSSR count). The van der Waals surface area contributed by atoms with Crippen molar-refractivity contribution in [3.8, 4) is 5.75 Å². The lowest BCUT2D eigenvalue weighted by Crippen LogP contribution is -2.33. The Bertz CT molecular complexity index is 972. The first-order valence-electron chi connectivity index (χ1n) is 8.20. The van der Waals surface area contributed by atoms with Gasteiger partial charge in [0.05, 0.1) is 12.0 Å². The maximum absolute atomic E-state index is 12.6. The molecule has 150 valence electrons. The van der Waals surface area contributed by atoms with E-state index >= 15 is 0 Å². The van der Waals surface area contributed by atoms with Crippen molar-refractivity contribution < 1.29 is 27.5 Å². The molecule has 0 radical (unpaired) electrons. The van der Waals surface area contributed by atoms with Crippen LogP contribution in [0.1, 0.15) is 22.8 Å². The van der Waals surface area contributed by atoms with Gasteiger partial charge in [0.15, 0.2) is 5.78 Å². The number of halogens is 1. The average Bonchev–Trinajstić information content (AvgIpc) is 2.66. The minimum atomic E-state index is -3.89. The SMILES string of the molecule is COc1ccc(Br)cc1COC(=O)CN(C)S(=O)(=O)c1ccc(C(C)=O)cc1. The second-order valence-corrected chi connectivity index (χ2v) is 8.92. The first-order chi connectivity index (χ1) is 13.1. The summed E-state index contributed by atoms with van der Waals surface area (Å²) in [6, 6.07) is 10.8. The molecule has 0 atom stereocenters. The summed E-state index contributed by atoms with van der Waals surface area (Å²) in [6.07, 6.45) is 0. The van der Waals surface area contributed by atoms with Gasteiger partial charge in [-0.05, 0) is 37.3 Å². The average molecular weight is 470 g/mol. The van der Waals surface area contributed by atoms with Crippen molar-refractivity contribution in [3.05, 3.63) is 58.1 Å². The lowest BCUT2D eigenvalue weighted by Gasteiger charge is -2.17. The van der Waals surface area contributed by atoms with E-state index in [4.69, 9.17) is 9.47 Å². The number of hydrogen-bond acceptors (Lipinski definition) is 6. The summed E-state index contributed by atoms with van der Waals surface area (Å²) in [5, 5.41) is 0. The molecule has 2 aromatic carbocycles. The number of nitrogens with zero attached hydrogens (tertiary/aromatic N) is 1. The molecule has 0 spiro atoms. The summed E-state index contributed by atoms with van der Waals surface area (Å²) in [4.78, 5) is 23.4. The van der Waals surface area contributed by atoms with E-state index in [0.717, 1.165) is 8.78 Å². The van der Waals surface area contributed by atoms with Crippen LogP contribution >= 0.6 is 15.9 Å². The number of sulfonamides is 1. The van der Waals surface area contributed by atoms with Gasteiger partial charge in [-0.25, -0.2) is 8.42 Å². The van der Waals surface area contributed by atoms with Gasteiger partial charge in [0, 0.05) is 22.6 Å². The summed E-state index contributed by atoms with van der Waals surface area (Å²) in [7, 11) is -1.10. The van der Waals surface area contributed by atoms with Crippen molar-refractivity contribution in [2.45, 2.75) is 18.4 Å². The number of ether oxygens (including phenoxy) is 2. The predicted molar refractivity (Wildman–Crippen MR) is 107 cm³/mol. The predicted octanol–water partition coefficient (Wildman–Crippen LogP) is 3.02. The van der Waals surface area contributed by atoms with Gasteiger partial charge in [-0.3, -0.25) is 9.59 Å². The van der Waals surface area contributed by atoms with Crippen molar-refractivity contribution in [1.82, 2.24) is 4.31 Å². The summed E-state index contributed by atoms with van der Waals surface area (Å²) < 4.78 is 37.2. The molecule has 0 aliphatic heterocycles. The number of esters is 1. The zero-order valence-electron chi connectivity index (χ0n) is 15.6. The Labute approximate surface area is 172 Å². The van der Waals surface area contributed by atoms with Gasteiger partial charge in [0.1, 0.15) is 18.9 Å². The van der Waals surface area contributed by atoms with E-state index in [0.29, 0.717) is 16.9 Å². The van der Waals surface area contributed by atoms with Gasteiger partial charge in [-0.1, -0.05) is 28.1 Å². The van der Waals surface area contributed by atoms with Crippen LogP contribution in [-0.4, -0.2) is 45.2 Å². The molecule has 28 heavy (non-hydrogen) atoms. The van der Waals surface area contributed by atoms with Gasteiger partial charge in [0.2, 0.25) is 10.0 Å². The number of likely N-dealkylation sites (N-methyl/N-ethyl adjacent to an activating group) is 1. The third-order valence-corrected chi connectivity index (χ3v) is 6.26. The van der Waals surface area contributed by atoms with Crippen LogP contribution in [-0.2, 0) is 26.2 Å². The molecule has 7 nitrogen and oxygen atoms in total. The highest BCUT2D eigenvalue weighted by atomic mass is 79.9. The first-order valence-corrected chi connectivity index (χ1v) is 10.4. The van der Waals surface area contributed by atoms with Crippen LogP contribution in [0.2, 0.25) is 0 Å². The number of Topliss-reactive ketones (excluding diaryl/α,β-unsaturated/α-hetero) is 1. The largest absolute Gasteiger partial charge is 0.496 e. The van der Waals surface area contributed by atoms with Crippen LogP contribution in [0.3, 0.4) is 0 Å². The molecule has 9 heteroatoms. The van der Waals surface area contributed by atoms with Crippen LogP contribution in [0.5, 0.6) is 5.75 Å². The zero-order chi connectivity index (χ0) is 20.9. The molecule has 0 bridgehead atoms. The van der Waals surface area contributed by atoms with Crippen molar-refractivity contribution in [1.29, 1.82) is 0 Å². The van der Waals surface area contributed by atoms with E-state index in [1.807, 2.05) is 0 Å². The third-order valence-electron chi connectivity index (χ3n) is 3.95. The second kappa shape index (κ2) is 9.31. The number of carbonyl (C=O) groups excluding carboxylic acids is 2. The highest BCUT2D eigenvalue weighted by Gasteiger charge is 2.24. The number of hydrogen-bond donors (Lipinski definition) is 0. The minimum absolute atomic E-state index is 0.0125. The van der Waals surface area contributed by atoms with Crippen LogP contribution in [0.15, 0.2) is 51.8 Å². The molecule has 2 aromatic rings. The van der Waals surface area contributed by atoms with E-state index in [-0.39, 0.29) is 17.3 Å². The maximum atomic E-state index is 12.6. The highest BCUT2D eigenvalue weighted by molar-refractivity contribution is 9.10. The lowest BCUT2D eigenvalue weighted by molar-refractivity contribution is -0.144. The molecule has 0 amide bonds. The molecule has 0 unspecified atom stereocenters. The Morgan fingerprint density at radius 2 is 1.75 bits per heavy atom. The molecule has 0 heterocycles. The Morgan fingerprint density at radius 1 is 1.11 bits per heavy atom. The third kappa shape index (κ3) is 5.40. The molecule has 0 aliphatic rings. The van der Waals surface area contributed by atoms with Crippen molar-refractivity contribution in [3.63, 3.8) is 0 Å². The van der Waals surface area contributed by atoms with Gasteiger partial charge < -0.3 is 9.47 Å². The summed E-state index contributed by atoms with van der Waals surface area (Å²) >= 11 is 3.33. The quantitative estimate of drug-likeness (QED) is 0.435. The fraction of sp³-hybridized carbons (Fsp3) is 0.263. The van der Waals surface area contributed by atoms with Gasteiger partial charge >= 0.3 is 5.97 Å². The van der Waals surface area contributed by atoms with Crippen molar-refractivity contribution in [2.75, 3.05) is 20.7 Å². The highest BCUT2D eigenvalue weighted by Crippen LogP contribution is 2.24. The number of methoxy groups -OCH3 is 1. The Balaban J connectivity index is 2.03. The monoisotopic (exact) mass is 469 g/mol. The number of ketones is 1. The molecular weight excluding hydrogens is 450 g/mol. The lowest BCUT2D eigenvalue weighted by atomic mass is 10.2. The van der Waals surface area contributed by atoms with E-state index in [2.05, 4.69) is 15.9 Å². The number of benzene rings is 2. The Hall–Kier alpha value is -2.23. The van der Waals surface area contributed by atoms with E-state index in [9.17, 15) is 18.0 Å². The smallest absolute Gasteiger partial charge is 0.321 e. The standard InChI is InChI=1S/C19H20BrNO6S/c1-13(22)14-4-7-17(8-5-14)28(24,25)21(2)11-19(23)27-12-15-10-16(20)6-9-18(15)26-3/h4-10H,11-12H2,1-3H3. The van der Waals surface area contributed by atoms with Crippen LogP contribution in [0.25, 0.3) is 0 Å². The van der Waals surface area contributed by atoms with Gasteiger partial charge in [-0.2, -0.15) is 4.31 Å². The molecule has 0 N–H and O–H groups in total. The summed E-state index contributed by atoms with van der Waals surface area (Å²) in [5.74, 6) is -0.306. The normalized spacial score (nSPS) is 11.3. The fourth-order valence-electron chi connectivity index (χ4n) is 2.37. The van der Waals surface area contributed by atoms with Gasteiger partial charge in [-0.15, -0.1) is 0 Å². The molecule has 0 saturated heterocycles. The van der Waals surface area contributed by atoms with E-state index < -0.39 is 22.5 Å². The first kappa shape index (κ1) is 22.1. The molecule has 0 aliphatic carbocycles. The molecular formula is C19H20BrNO6S. The van der Waals surface area contributed by atoms with Crippen molar-refractivity contribution in [2.24, 2.45) is 0 Å². The van der Waals surface area contributed by atoms with E-state index in [1.54, 1.807) is 18.2 Å². The van der Waals surface area contributed by atoms with Crippen LogP contribution in [0, 0.1) is 0 Å². The van der Waals surface area contributed by atoms with Crippen LogP contribution < -0.4 is 4.74 Å². The minimum Gasteiger partial charge on any atom is -0.496 e. The number of carbonyl (C=O) groups is 2. The topological polar surface area (TPSA) is 90.0 Å². The van der Waals surface area contributed by atoms with Crippen molar-refractivity contribution >= 4 is 37.7 Å². The molecule has 0 saturated carbocycles. The Kier molecular flexibility index (Phi) is 7.34. The molecule has 0 aromatic heterocycles.